The lowest BCUT2D eigenvalue weighted by atomic mass is 9.97. The monoisotopic (exact) mass is 481 g/mol. The molecule has 1 amide bonds. The van der Waals surface area contributed by atoms with E-state index in [1.54, 1.807) is 30.1 Å². The van der Waals surface area contributed by atoms with Crippen LogP contribution >= 0.6 is 0 Å². The number of carbonyl (C=O) groups is 1. The third kappa shape index (κ3) is 7.05. The maximum atomic E-state index is 13.0. The van der Waals surface area contributed by atoms with Crippen LogP contribution in [0.25, 0.3) is 0 Å². The van der Waals surface area contributed by atoms with Gasteiger partial charge in [-0.3, -0.25) is 14.5 Å². The van der Waals surface area contributed by atoms with E-state index in [1.807, 2.05) is 6.07 Å². The standard InChI is InChI=1S/C23H26F3N3O3S/c1-29(22(30)13-16-8-10-18(11-9-16)23(24,25)26)21(15-19-7-4-12-27-19)17-5-3-6-20(14-17)28-33(2,31)32/h3,5-6,8-11,14,21,28H,4,7,12-13,15H2,1-2H3/t21-/m0/s1. The summed E-state index contributed by atoms with van der Waals surface area (Å²) in [6.07, 6.45) is -1.16. The smallest absolute Gasteiger partial charge is 0.338 e. The maximum absolute atomic E-state index is 13.0. The molecule has 0 unspecified atom stereocenters. The predicted molar refractivity (Wildman–Crippen MR) is 122 cm³/mol. The second-order valence-corrected chi connectivity index (χ2v) is 9.90. The van der Waals surface area contributed by atoms with Gasteiger partial charge in [-0.05, 0) is 48.2 Å². The van der Waals surface area contributed by atoms with Gasteiger partial charge in [-0.25, -0.2) is 8.42 Å². The summed E-state index contributed by atoms with van der Waals surface area (Å²) >= 11 is 0. The molecule has 2 aromatic rings. The zero-order valence-electron chi connectivity index (χ0n) is 18.4. The molecule has 0 saturated heterocycles. The van der Waals surface area contributed by atoms with Crippen molar-refractivity contribution in [3.8, 4) is 0 Å². The van der Waals surface area contributed by atoms with Crippen molar-refractivity contribution < 1.29 is 26.4 Å². The van der Waals surface area contributed by atoms with Crippen molar-refractivity contribution in [2.45, 2.75) is 37.9 Å². The first-order valence-electron chi connectivity index (χ1n) is 10.4. The van der Waals surface area contributed by atoms with Crippen LogP contribution in [-0.2, 0) is 27.4 Å². The summed E-state index contributed by atoms with van der Waals surface area (Å²) in [5.74, 6) is -0.264. The largest absolute Gasteiger partial charge is 0.416 e. The Morgan fingerprint density at radius 3 is 2.45 bits per heavy atom. The number of halogens is 3. The average molecular weight is 482 g/mol. The number of hydrogen-bond acceptors (Lipinski definition) is 4. The van der Waals surface area contributed by atoms with Crippen LogP contribution in [0.5, 0.6) is 0 Å². The molecule has 1 heterocycles. The number of benzene rings is 2. The van der Waals surface area contributed by atoms with Crippen molar-refractivity contribution >= 4 is 27.3 Å². The number of anilines is 1. The van der Waals surface area contributed by atoms with E-state index in [0.29, 0.717) is 17.7 Å². The third-order valence-electron chi connectivity index (χ3n) is 5.46. The molecular weight excluding hydrogens is 455 g/mol. The normalized spacial score (nSPS) is 15.1. The Morgan fingerprint density at radius 1 is 1.18 bits per heavy atom. The third-order valence-corrected chi connectivity index (χ3v) is 6.07. The van der Waals surface area contributed by atoms with Crippen molar-refractivity contribution in [3.63, 3.8) is 0 Å². The Balaban J connectivity index is 1.83. The summed E-state index contributed by atoms with van der Waals surface area (Å²) in [5, 5.41) is 0. The van der Waals surface area contributed by atoms with Crippen LogP contribution in [0, 0.1) is 0 Å². The molecule has 0 fully saturated rings. The predicted octanol–water partition coefficient (Wildman–Crippen LogP) is 4.44. The molecule has 0 aliphatic carbocycles. The molecular formula is C23H26F3N3O3S. The number of rotatable bonds is 8. The zero-order valence-corrected chi connectivity index (χ0v) is 19.2. The van der Waals surface area contributed by atoms with E-state index in [2.05, 4.69) is 9.71 Å². The first kappa shape index (κ1) is 24.8. The van der Waals surface area contributed by atoms with Gasteiger partial charge in [-0.1, -0.05) is 24.3 Å². The molecule has 6 nitrogen and oxygen atoms in total. The molecule has 33 heavy (non-hydrogen) atoms. The van der Waals surface area contributed by atoms with Crippen molar-refractivity contribution in [2.24, 2.45) is 4.99 Å². The van der Waals surface area contributed by atoms with Crippen LogP contribution in [0.4, 0.5) is 18.9 Å². The van der Waals surface area contributed by atoms with Crippen molar-refractivity contribution in [1.29, 1.82) is 0 Å². The van der Waals surface area contributed by atoms with E-state index < -0.39 is 27.8 Å². The van der Waals surface area contributed by atoms with Gasteiger partial charge in [0.25, 0.3) is 0 Å². The number of nitrogens with zero attached hydrogens (tertiary/aromatic N) is 2. The minimum Gasteiger partial charge on any atom is -0.338 e. The minimum absolute atomic E-state index is 0.0567. The van der Waals surface area contributed by atoms with Gasteiger partial charge in [0.1, 0.15) is 0 Å². The van der Waals surface area contributed by atoms with Gasteiger partial charge >= 0.3 is 6.18 Å². The molecule has 2 aromatic carbocycles. The highest BCUT2D eigenvalue weighted by molar-refractivity contribution is 7.92. The molecule has 0 radical (unpaired) electrons. The fourth-order valence-corrected chi connectivity index (χ4v) is 4.33. The molecule has 0 saturated carbocycles. The number of aliphatic imine (C=N–C) groups is 1. The number of amides is 1. The molecule has 1 aliphatic heterocycles. The first-order chi connectivity index (χ1) is 15.4. The highest BCUT2D eigenvalue weighted by Crippen LogP contribution is 2.31. The average Bonchev–Trinajstić information content (AvgIpc) is 3.23. The van der Waals surface area contributed by atoms with Crippen LogP contribution in [0.2, 0.25) is 0 Å². The van der Waals surface area contributed by atoms with Gasteiger partial charge in [0.05, 0.1) is 24.3 Å². The van der Waals surface area contributed by atoms with E-state index in [0.717, 1.165) is 49.1 Å². The summed E-state index contributed by atoms with van der Waals surface area (Å²) in [6.45, 7) is 0.737. The van der Waals surface area contributed by atoms with Crippen LogP contribution in [0.3, 0.4) is 0 Å². The molecule has 1 atom stereocenters. The molecule has 3 rings (SSSR count). The van der Waals surface area contributed by atoms with E-state index in [4.69, 9.17) is 0 Å². The van der Waals surface area contributed by atoms with Crippen molar-refractivity contribution in [3.05, 3.63) is 65.2 Å². The Kier molecular flexibility index (Phi) is 7.46. The van der Waals surface area contributed by atoms with Gasteiger partial charge in [0, 0.05) is 31.4 Å². The summed E-state index contributed by atoms with van der Waals surface area (Å²) in [4.78, 5) is 19.1. The van der Waals surface area contributed by atoms with Gasteiger partial charge in [-0.15, -0.1) is 0 Å². The van der Waals surface area contributed by atoms with Gasteiger partial charge < -0.3 is 4.90 Å². The summed E-state index contributed by atoms with van der Waals surface area (Å²) in [7, 11) is -1.83. The fraction of sp³-hybridized carbons (Fsp3) is 0.391. The lowest BCUT2D eigenvalue weighted by Crippen LogP contribution is -2.33. The first-order valence-corrected chi connectivity index (χ1v) is 12.3. The second kappa shape index (κ2) is 9.94. The fourth-order valence-electron chi connectivity index (χ4n) is 3.78. The van der Waals surface area contributed by atoms with Gasteiger partial charge in [-0.2, -0.15) is 13.2 Å². The number of hydrogen-bond donors (Lipinski definition) is 1. The molecule has 1 aliphatic rings. The topological polar surface area (TPSA) is 78.8 Å². The number of alkyl halides is 3. The van der Waals surface area contributed by atoms with Crippen molar-refractivity contribution in [1.82, 2.24) is 4.90 Å². The summed E-state index contributed by atoms with van der Waals surface area (Å²) < 4.78 is 64.1. The van der Waals surface area contributed by atoms with Crippen LogP contribution in [0.15, 0.2) is 53.5 Å². The van der Waals surface area contributed by atoms with Crippen LogP contribution < -0.4 is 4.72 Å². The van der Waals surface area contributed by atoms with Gasteiger partial charge in [0.15, 0.2) is 0 Å². The number of carbonyl (C=O) groups excluding carboxylic acids is 1. The Hall–Kier alpha value is -2.88. The van der Waals surface area contributed by atoms with E-state index >= 15 is 0 Å². The molecule has 1 N–H and O–H groups in total. The van der Waals surface area contributed by atoms with E-state index in [-0.39, 0.29) is 12.3 Å². The van der Waals surface area contributed by atoms with Crippen LogP contribution in [-0.4, -0.2) is 44.8 Å². The molecule has 178 valence electrons. The molecule has 0 spiro atoms. The minimum atomic E-state index is -4.43. The Labute approximate surface area is 191 Å². The van der Waals surface area contributed by atoms with Crippen LogP contribution in [0.1, 0.15) is 42.0 Å². The Morgan fingerprint density at radius 2 is 1.88 bits per heavy atom. The van der Waals surface area contributed by atoms with Crippen molar-refractivity contribution in [2.75, 3.05) is 24.6 Å². The lowest BCUT2D eigenvalue weighted by Gasteiger charge is -2.29. The quantitative estimate of drug-likeness (QED) is 0.605. The number of nitrogens with one attached hydrogen (secondary N) is 1. The van der Waals surface area contributed by atoms with Gasteiger partial charge in [0.2, 0.25) is 15.9 Å². The lowest BCUT2D eigenvalue weighted by molar-refractivity contribution is -0.137. The molecule has 0 bridgehead atoms. The number of sulfonamides is 1. The second-order valence-electron chi connectivity index (χ2n) is 8.15. The van der Waals surface area contributed by atoms with E-state index in [1.165, 1.54) is 12.1 Å². The zero-order chi connectivity index (χ0) is 24.2. The highest BCUT2D eigenvalue weighted by atomic mass is 32.2. The Bertz CT molecular complexity index is 1130. The number of likely N-dealkylation sites (N-methyl/N-ethyl adjacent to an activating group) is 1. The SMILES string of the molecule is CN(C(=O)Cc1ccc(C(F)(F)F)cc1)[C@@H](CC1=NCCC1)c1cccc(NS(C)(=O)=O)c1. The summed E-state index contributed by atoms with van der Waals surface area (Å²) in [5.41, 5.74) is 1.82. The molecule has 0 aromatic heterocycles. The van der Waals surface area contributed by atoms with E-state index in [9.17, 15) is 26.4 Å². The molecule has 10 heteroatoms. The maximum Gasteiger partial charge on any atom is 0.416 e. The highest BCUT2D eigenvalue weighted by Gasteiger charge is 2.30. The summed E-state index contributed by atoms with van der Waals surface area (Å²) in [6, 6.07) is 11.0.